The monoisotopic (exact) mass is 784 g/mol. The van der Waals surface area contributed by atoms with Gasteiger partial charge in [-0.25, -0.2) is 28.8 Å². The number of rotatable bonds is 20. The molecule has 0 saturated heterocycles. The Morgan fingerprint density at radius 1 is 0.536 bits per heavy atom. The molecule has 0 aromatic carbocycles. The van der Waals surface area contributed by atoms with Gasteiger partial charge in [-0.15, -0.1) is 0 Å². The number of amides is 6. The number of esters is 4. The van der Waals surface area contributed by atoms with E-state index in [0.29, 0.717) is 11.8 Å². The van der Waals surface area contributed by atoms with Crippen LogP contribution < -0.4 is 10.6 Å². The van der Waals surface area contributed by atoms with Crippen molar-refractivity contribution >= 4 is 47.8 Å². The lowest BCUT2D eigenvalue weighted by molar-refractivity contribution is -0.141. The molecule has 0 radical (unpaired) electrons. The first-order valence-electron chi connectivity index (χ1n) is 18.9. The third-order valence-corrected chi connectivity index (χ3v) is 10.5. The summed E-state index contributed by atoms with van der Waals surface area (Å²) in [6.07, 6.45) is 3.50. The number of urea groups is 2. The van der Waals surface area contributed by atoms with E-state index in [1.165, 1.54) is 27.7 Å². The lowest BCUT2D eigenvalue weighted by Crippen LogP contribution is -2.48. The van der Waals surface area contributed by atoms with Gasteiger partial charge >= 0.3 is 35.9 Å². The van der Waals surface area contributed by atoms with E-state index >= 15 is 0 Å². The van der Waals surface area contributed by atoms with E-state index < -0.39 is 47.8 Å². The third-order valence-electron chi connectivity index (χ3n) is 10.5. The highest BCUT2D eigenvalue weighted by Gasteiger charge is 2.57. The van der Waals surface area contributed by atoms with Crippen molar-refractivity contribution in [2.75, 3.05) is 52.6 Å². The molecular weight excluding hydrogens is 728 g/mol. The summed E-state index contributed by atoms with van der Waals surface area (Å²) in [5, 5.41) is 5.17. The van der Waals surface area contributed by atoms with Crippen molar-refractivity contribution < 1.29 is 57.3 Å². The van der Waals surface area contributed by atoms with Crippen LogP contribution in [0.3, 0.4) is 0 Å². The standard InChI is InChI=1S/C40H56N4O12/c1-23(2)35(47)53-15-11-41-39(51)43(13-17-55-37(49)25(5)6)32(45)21-27-9-10-30-28-19-29(31(20-28)34(27)30)22-33(46)44(14-18-56-38(50)26(7)8)40(52)42-12-16-54-36(48)24(3)4/h27-31,34H,1,3,5,7,9-22H2,2,4,6,8H3,(H,41,51)(H,42,52). The SMILES string of the molecule is C=C(C)C(=O)OCCNC(=O)N(CCOC(=O)C(=C)C)C(=O)CC1CC2CC1C1C(CC(=O)N(CCOC(=O)C(=C)C)C(=O)NCCOC(=O)C(=C)C)CCC21. The maximum absolute atomic E-state index is 13.8. The molecule has 2 N–H and O–H groups in total. The molecule has 0 aromatic heterocycles. The van der Waals surface area contributed by atoms with Crippen molar-refractivity contribution in [3.63, 3.8) is 0 Å². The Hall–Kier alpha value is -5.28. The van der Waals surface area contributed by atoms with Gasteiger partial charge in [-0.3, -0.25) is 19.4 Å². The normalized spacial score (nSPS) is 21.4. The van der Waals surface area contributed by atoms with Crippen molar-refractivity contribution in [2.24, 2.45) is 35.5 Å². The number of nitrogens with zero attached hydrogens (tertiary/aromatic N) is 2. The molecule has 0 aromatic rings. The first-order chi connectivity index (χ1) is 26.4. The highest BCUT2D eigenvalue weighted by Crippen LogP contribution is 2.64. The molecule has 0 spiro atoms. The van der Waals surface area contributed by atoms with Gasteiger partial charge in [-0.2, -0.15) is 0 Å². The summed E-state index contributed by atoms with van der Waals surface area (Å²) in [4.78, 5) is 103. The van der Waals surface area contributed by atoms with E-state index in [1.807, 2.05) is 0 Å². The molecule has 16 nitrogen and oxygen atoms in total. The number of hydrogen-bond acceptors (Lipinski definition) is 12. The molecule has 3 rings (SSSR count). The van der Waals surface area contributed by atoms with E-state index in [1.54, 1.807) is 0 Å². The lowest BCUT2D eigenvalue weighted by atomic mass is 9.71. The molecule has 56 heavy (non-hydrogen) atoms. The van der Waals surface area contributed by atoms with Crippen molar-refractivity contribution in [1.82, 2.24) is 20.4 Å². The van der Waals surface area contributed by atoms with E-state index in [2.05, 4.69) is 36.9 Å². The summed E-state index contributed by atoms with van der Waals surface area (Å²) in [6.45, 7) is 18.8. The zero-order valence-electron chi connectivity index (χ0n) is 33.0. The van der Waals surface area contributed by atoms with Crippen molar-refractivity contribution in [3.05, 3.63) is 48.6 Å². The summed E-state index contributed by atoms with van der Waals surface area (Å²) >= 11 is 0. The highest BCUT2D eigenvalue weighted by atomic mass is 16.5. The van der Waals surface area contributed by atoms with E-state index in [4.69, 9.17) is 18.9 Å². The van der Waals surface area contributed by atoms with Gasteiger partial charge in [-0.05, 0) is 88.9 Å². The van der Waals surface area contributed by atoms with Crippen LogP contribution >= 0.6 is 0 Å². The molecular formula is C40H56N4O12. The molecule has 0 aliphatic heterocycles. The van der Waals surface area contributed by atoms with Crippen LogP contribution in [0.4, 0.5) is 9.59 Å². The number of nitrogens with one attached hydrogen (secondary N) is 2. The van der Waals surface area contributed by atoms with Crippen LogP contribution in [0, 0.1) is 35.5 Å². The molecule has 2 bridgehead atoms. The average molecular weight is 785 g/mol. The molecule has 3 aliphatic carbocycles. The summed E-state index contributed by atoms with van der Waals surface area (Å²) in [5.74, 6) is -2.58. The molecule has 3 fully saturated rings. The summed E-state index contributed by atoms with van der Waals surface area (Å²) in [6, 6.07) is -1.45. The Morgan fingerprint density at radius 3 is 1.34 bits per heavy atom. The van der Waals surface area contributed by atoms with Crippen LogP contribution in [-0.4, -0.2) is 110 Å². The van der Waals surface area contributed by atoms with E-state index in [-0.39, 0.29) is 111 Å². The molecule has 3 aliphatic rings. The minimum atomic E-state index is -0.723. The number of carbonyl (C=O) groups is 8. The fraction of sp³-hybridized carbons (Fsp3) is 0.600. The largest absolute Gasteiger partial charge is 0.460 e. The van der Waals surface area contributed by atoms with Gasteiger partial charge in [-0.1, -0.05) is 26.3 Å². The molecule has 308 valence electrons. The number of fused-ring (bicyclic) bond motifs is 5. The van der Waals surface area contributed by atoms with Gasteiger partial charge < -0.3 is 29.6 Å². The van der Waals surface area contributed by atoms with Gasteiger partial charge in [0.05, 0.1) is 26.2 Å². The highest BCUT2D eigenvalue weighted by molar-refractivity contribution is 5.95. The Labute approximate surface area is 328 Å². The first-order valence-corrected chi connectivity index (χ1v) is 18.9. The van der Waals surface area contributed by atoms with Crippen LogP contribution in [0.2, 0.25) is 0 Å². The van der Waals surface area contributed by atoms with Crippen molar-refractivity contribution in [2.45, 2.75) is 66.2 Å². The second-order valence-electron chi connectivity index (χ2n) is 14.9. The van der Waals surface area contributed by atoms with Gasteiger partial charge in [0.25, 0.3) is 0 Å². The molecule has 3 saturated carbocycles. The fourth-order valence-electron chi connectivity index (χ4n) is 7.95. The molecule has 6 atom stereocenters. The van der Waals surface area contributed by atoms with Gasteiger partial charge in [0.2, 0.25) is 11.8 Å². The van der Waals surface area contributed by atoms with Crippen molar-refractivity contribution in [1.29, 1.82) is 0 Å². The lowest BCUT2D eigenvalue weighted by Gasteiger charge is -2.35. The molecule has 6 amide bonds. The maximum atomic E-state index is 13.8. The zero-order chi connectivity index (χ0) is 41.7. The van der Waals surface area contributed by atoms with Crippen LogP contribution in [-0.2, 0) is 47.7 Å². The minimum Gasteiger partial charge on any atom is -0.460 e. The Kier molecular flexibility index (Phi) is 17.0. The smallest absolute Gasteiger partial charge is 0.333 e. The fourth-order valence-corrected chi connectivity index (χ4v) is 7.95. The maximum Gasteiger partial charge on any atom is 0.333 e. The Bertz CT molecular complexity index is 1600. The van der Waals surface area contributed by atoms with Gasteiger partial charge in [0.15, 0.2) is 0 Å². The molecule has 16 heteroatoms. The predicted octanol–water partition coefficient (Wildman–Crippen LogP) is 3.62. The second-order valence-corrected chi connectivity index (χ2v) is 14.9. The van der Waals surface area contributed by atoms with Crippen LogP contribution in [0.1, 0.15) is 66.2 Å². The summed E-state index contributed by atoms with van der Waals surface area (Å²) < 4.78 is 20.4. The number of imide groups is 2. The summed E-state index contributed by atoms with van der Waals surface area (Å²) in [7, 11) is 0. The second kappa shape index (κ2) is 21.1. The Balaban J connectivity index is 1.67. The van der Waals surface area contributed by atoms with Gasteiger partial charge in [0.1, 0.15) is 26.4 Å². The third kappa shape index (κ3) is 12.6. The van der Waals surface area contributed by atoms with E-state index in [9.17, 15) is 38.4 Å². The minimum absolute atomic E-state index is 0.0582. The molecule has 6 unspecified atom stereocenters. The number of carbonyl (C=O) groups excluding carboxylic acids is 8. The average Bonchev–Trinajstić information content (AvgIpc) is 3.84. The number of hydrogen-bond donors (Lipinski definition) is 2. The van der Waals surface area contributed by atoms with Crippen LogP contribution in [0.15, 0.2) is 48.6 Å². The van der Waals surface area contributed by atoms with Crippen molar-refractivity contribution in [3.8, 4) is 0 Å². The Morgan fingerprint density at radius 2 is 0.929 bits per heavy atom. The zero-order valence-corrected chi connectivity index (χ0v) is 33.0. The number of ether oxygens (including phenoxy) is 4. The first kappa shape index (κ1) is 45.1. The molecule has 0 heterocycles. The van der Waals surface area contributed by atoms with Gasteiger partial charge in [0, 0.05) is 35.1 Å². The van der Waals surface area contributed by atoms with E-state index in [0.717, 1.165) is 35.5 Å². The van der Waals surface area contributed by atoms with Crippen LogP contribution in [0.5, 0.6) is 0 Å². The predicted molar refractivity (Wildman–Crippen MR) is 202 cm³/mol. The quantitative estimate of drug-likeness (QED) is 0.0787. The van der Waals surface area contributed by atoms with Crippen LogP contribution in [0.25, 0.3) is 0 Å². The topological polar surface area (TPSA) is 204 Å². The summed E-state index contributed by atoms with van der Waals surface area (Å²) in [5.41, 5.74) is 0.748.